The summed E-state index contributed by atoms with van der Waals surface area (Å²) < 4.78 is 0. The summed E-state index contributed by atoms with van der Waals surface area (Å²) in [6.07, 6.45) is 5.55. The number of nitrogens with one attached hydrogen (secondary N) is 1. The van der Waals surface area contributed by atoms with Crippen LogP contribution >= 0.6 is 0 Å². The first-order valence-corrected chi connectivity index (χ1v) is 6.00. The molecule has 0 aliphatic carbocycles. The van der Waals surface area contributed by atoms with Gasteiger partial charge in [0, 0.05) is 18.2 Å². The molecule has 0 saturated carbocycles. The Bertz CT molecular complexity index is 291. The largest absolute Gasteiger partial charge is 0.346 e. The molecule has 0 bridgehead atoms. The van der Waals surface area contributed by atoms with Crippen molar-refractivity contribution in [3.8, 4) is 0 Å². The molecule has 0 amide bonds. The van der Waals surface area contributed by atoms with Gasteiger partial charge in [0.1, 0.15) is 5.82 Å². The van der Waals surface area contributed by atoms with E-state index in [0.29, 0.717) is 0 Å². The van der Waals surface area contributed by atoms with Crippen LogP contribution in [0.2, 0.25) is 0 Å². The Morgan fingerprint density at radius 2 is 2.07 bits per heavy atom. The van der Waals surface area contributed by atoms with E-state index in [1.165, 1.54) is 12.8 Å². The van der Waals surface area contributed by atoms with Crippen LogP contribution in [-0.4, -0.2) is 9.97 Å². The Morgan fingerprint density at radius 1 is 1.33 bits per heavy atom. The van der Waals surface area contributed by atoms with E-state index >= 15 is 0 Å². The van der Waals surface area contributed by atoms with Crippen molar-refractivity contribution in [2.45, 2.75) is 58.9 Å². The summed E-state index contributed by atoms with van der Waals surface area (Å²) in [5, 5.41) is 0. The Balaban J connectivity index is 2.67. The minimum absolute atomic E-state index is 0.0987. The number of rotatable bonds is 6. The summed E-state index contributed by atoms with van der Waals surface area (Å²) in [7, 11) is 0. The molecular formula is C12H23N3. The number of hydrogen-bond donors (Lipinski definition) is 2. The van der Waals surface area contributed by atoms with Crippen LogP contribution in [-0.2, 0) is 6.42 Å². The molecule has 0 saturated heterocycles. The third-order valence-corrected chi connectivity index (χ3v) is 2.69. The van der Waals surface area contributed by atoms with Gasteiger partial charge in [-0.15, -0.1) is 0 Å². The number of imidazole rings is 1. The first-order chi connectivity index (χ1) is 7.19. The van der Waals surface area contributed by atoms with E-state index in [-0.39, 0.29) is 6.04 Å². The van der Waals surface area contributed by atoms with Crippen LogP contribution in [0.1, 0.15) is 62.8 Å². The van der Waals surface area contributed by atoms with Gasteiger partial charge in [0.05, 0.1) is 5.69 Å². The second kappa shape index (κ2) is 5.91. The van der Waals surface area contributed by atoms with E-state index in [0.717, 1.165) is 36.5 Å². The molecule has 1 rings (SSSR count). The van der Waals surface area contributed by atoms with E-state index in [1.54, 1.807) is 0 Å². The molecule has 0 radical (unpaired) electrons. The van der Waals surface area contributed by atoms with Gasteiger partial charge in [0.15, 0.2) is 0 Å². The lowest BCUT2D eigenvalue weighted by molar-refractivity contribution is 0.619. The zero-order chi connectivity index (χ0) is 11.3. The Hall–Kier alpha value is -0.830. The molecule has 3 heteroatoms. The number of aromatic amines is 1. The van der Waals surface area contributed by atoms with Crippen molar-refractivity contribution in [3.63, 3.8) is 0 Å². The summed E-state index contributed by atoms with van der Waals surface area (Å²) in [4.78, 5) is 7.91. The highest BCUT2D eigenvalue weighted by atomic mass is 15.0. The third kappa shape index (κ3) is 3.34. The SMILES string of the molecule is CCCCc1nc(C(N)CCC)c(C)[nH]1. The monoisotopic (exact) mass is 209 g/mol. The topological polar surface area (TPSA) is 54.7 Å². The molecule has 1 aromatic rings. The van der Waals surface area contributed by atoms with Gasteiger partial charge in [0.25, 0.3) is 0 Å². The Kier molecular flexibility index (Phi) is 4.82. The van der Waals surface area contributed by atoms with E-state index in [4.69, 9.17) is 5.73 Å². The standard InChI is InChI=1S/C12H23N3/c1-4-6-8-11-14-9(3)12(15-11)10(13)7-5-2/h10H,4-8,13H2,1-3H3,(H,14,15). The smallest absolute Gasteiger partial charge is 0.106 e. The molecule has 0 aliphatic heterocycles. The molecule has 0 spiro atoms. The molecule has 1 heterocycles. The first-order valence-electron chi connectivity index (χ1n) is 6.00. The summed E-state index contributed by atoms with van der Waals surface area (Å²) in [5.74, 6) is 1.09. The van der Waals surface area contributed by atoms with E-state index in [9.17, 15) is 0 Å². The molecule has 3 N–H and O–H groups in total. The molecule has 1 aromatic heterocycles. The van der Waals surface area contributed by atoms with Crippen molar-refractivity contribution >= 4 is 0 Å². The highest BCUT2D eigenvalue weighted by molar-refractivity contribution is 5.16. The number of unbranched alkanes of at least 4 members (excludes halogenated alkanes) is 1. The fourth-order valence-electron chi connectivity index (χ4n) is 1.81. The number of nitrogens with zero attached hydrogens (tertiary/aromatic N) is 1. The van der Waals surface area contributed by atoms with Crippen molar-refractivity contribution in [1.29, 1.82) is 0 Å². The van der Waals surface area contributed by atoms with Gasteiger partial charge in [-0.1, -0.05) is 26.7 Å². The molecule has 0 aliphatic rings. The fraction of sp³-hybridized carbons (Fsp3) is 0.750. The Morgan fingerprint density at radius 3 is 2.67 bits per heavy atom. The highest BCUT2D eigenvalue weighted by Crippen LogP contribution is 2.18. The molecule has 1 unspecified atom stereocenters. The maximum Gasteiger partial charge on any atom is 0.106 e. The van der Waals surface area contributed by atoms with Gasteiger partial charge in [-0.25, -0.2) is 4.98 Å². The lowest BCUT2D eigenvalue weighted by Gasteiger charge is -2.07. The van der Waals surface area contributed by atoms with Crippen molar-refractivity contribution in [3.05, 3.63) is 17.2 Å². The van der Waals surface area contributed by atoms with Crippen molar-refractivity contribution in [1.82, 2.24) is 9.97 Å². The molecule has 15 heavy (non-hydrogen) atoms. The number of H-pyrrole nitrogens is 1. The number of aromatic nitrogens is 2. The van der Waals surface area contributed by atoms with Gasteiger partial charge in [0.2, 0.25) is 0 Å². The molecule has 0 fully saturated rings. The van der Waals surface area contributed by atoms with Crippen molar-refractivity contribution < 1.29 is 0 Å². The maximum absolute atomic E-state index is 6.07. The summed E-state index contributed by atoms with van der Waals surface area (Å²) in [5.41, 5.74) is 8.26. The fourth-order valence-corrected chi connectivity index (χ4v) is 1.81. The van der Waals surface area contributed by atoms with E-state index < -0.39 is 0 Å². The summed E-state index contributed by atoms with van der Waals surface area (Å²) >= 11 is 0. The number of aryl methyl sites for hydroxylation is 2. The van der Waals surface area contributed by atoms with Crippen molar-refractivity contribution in [2.24, 2.45) is 5.73 Å². The van der Waals surface area contributed by atoms with E-state index in [2.05, 4.69) is 30.7 Å². The molecule has 1 atom stereocenters. The van der Waals surface area contributed by atoms with E-state index in [1.807, 2.05) is 0 Å². The van der Waals surface area contributed by atoms with Gasteiger partial charge in [-0.3, -0.25) is 0 Å². The van der Waals surface area contributed by atoms with Crippen LogP contribution in [0.4, 0.5) is 0 Å². The maximum atomic E-state index is 6.07. The normalized spacial score (nSPS) is 13.1. The second-order valence-corrected chi connectivity index (χ2v) is 4.19. The van der Waals surface area contributed by atoms with Gasteiger partial charge in [-0.05, 0) is 19.8 Å². The quantitative estimate of drug-likeness (QED) is 0.757. The highest BCUT2D eigenvalue weighted by Gasteiger charge is 2.12. The second-order valence-electron chi connectivity index (χ2n) is 4.19. The molecular weight excluding hydrogens is 186 g/mol. The Labute approximate surface area is 92.5 Å². The zero-order valence-corrected chi connectivity index (χ0v) is 10.1. The van der Waals surface area contributed by atoms with Crippen LogP contribution in [0, 0.1) is 6.92 Å². The zero-order valence-electron chi connectivity index (χ0n) is 10.1. The first kappa shape index (κ1) is 12.2. The minimum Gasteiger partial charge on any atom is -0.346 e. The molecule has 0 aromatic carbocycles. The number of nitrogens with two attached hydrogens (primary N) is 1. The van der Waals surface area contributed by atoms with Crippen LogP contribution < -0.4 is 5.73 Å². The van der Waals surface area contributed by atoms with Gasteiger partial charge in [-0.2, -0.15) is 0 Å². The van der Waals surface area contributed by atoms with Crippen LogP contribution in [0.3, 0.4) is 0 Å². The minimum atomic E-state index is 0.0987. The van der Waals surface area contributed by atoms with Crippen LogP contribution in [0.5, 0.6) is 0 Å². The predicted octanol–water partition coefficient (Wildman–Crippen LogP) is 2.86. The molecule has 86 valence electrons. The third-order valence-electron chi connectivity index (χ3n) is 2.69. The van der Waals surface area contributed by atoms with Crippen molar-refractivity contribution in [2.75, 3.05) is 0 Å². The predicted molar refractivity (Wildman–Crippen MR) is 63.8 cm³/mol. The van der Waals surface area contributed by atoms with Gasteiger partial charge < -0.3 is 10.7 Å². The average molecular weight is 209 g/mol. The summed E-state index contributed by atoms with van der Waals surface area (Å²) in [6, 6.07) is 0.0987. The average Bonchev–Trinajstić information content (AvgIpc) is 2.57. The van der Waals surface area contributed by atoms with Crippen LogP contribution in [0.25, 0.3) is 0 Å². The molecule has 3 nitrogen and oxygen atoms in total. The lowest BCUT2D eigenvalue weighted by Crippen LogP contribution is -2.11. The summed E-state index contributed by atoms with van der Waals surface area (Å²) in [6.45, 7) is 6.41. The van der Waals surface area contributed by atoms with Gasteiger partial charge >= 0.3 is 0 Å². The van der Waals surface area contributed by atoms with Crippen LogP contribution in [0.15, 0.2) is 0 Å². The number of hydrogen-bond acceptors (Lipinski definition) is 2. The lowest BCUT2D eigenvalue weighted by atomic mass is 10.1.